The third kappa shape index (κ3) is 3.02. The van der Waals surface area contributed by atoms with E-state index in [0.29, 0.717) is 26.2 Å². The summed E-state index contributed by atoms with van der Waals surface area (Å²) in [5.74, 6) is 0.161. The lowest BCUT2D eigenvalue weighted by Crippen LogP contribution is -2.52. The fourth-order valence-electron chi connectivity index (χ4n) is 2.63. The molecule has 1 saturated heterocycles. The molecule has 1 aliphatic rings. The molecule has 2 atom stereocenters. The normalized spacial score (nSPS) is 24.7. The van der Waals surface area contributed by atoms with E-state index in [-0.39, 0.29) is 11.8 Å². The second-order valence-electron chi connectivity index (χ2n) is 5.70. The van der Waals surface area contributed by atoms with Crippen molar-refractivity contribution in [1.82, 2.24) is 20.0 Å². The number of carbonyl (C=O) groups excluding carboxylic acids is 1. The Balaban J connectivity index is 2.10. The number of ether oxygens (including phenoxy) is 1. The SMILES string of the molecule is CNC[C@H](C)C(=O)N1CCO[C@@](C)(c2cnn(C)c2)C1. The van der Waals surface area contributed by atoms with Crippen molar-refractivity contribution in [3.63, 3.8) is 0 Å². The third-order valence-electron chi connectivity index (χ3n) is 3.83. The van der Waals surface area contributed by atoms with Crippen LogP contribution in [0.4, 0.5) is 0 Å². The Bertz CT molecular complexity index is 473. The summed E-state index contributed by atoms with van der Waals surface area (Å²) in [4.78, 5) is 14.3. The summed E-state index contributed by atoms with van der Waals surface area (Å²) in [6, 6.07) is 0. The van der Waals surface area contributed by atoms with Crippen LogP contribution in [-0.2, 0) is 22.2 Å². The Labute approximate surface area is 120 Å². The van der Waals surface area contributed by atoms with Gasteiger partial charge >= 0.3 is 0 Å². The molecule has 1 N–H and O–H groups in total. The molecule has 0 saturated carbocycles. The van der Waals surface area contributed by atoms with Gasteiger partial charge in [-0.05, 0) is 14.0 Å². The molecule has 20 heavy (non-hydrogen) atoms. The van der Waals surface area contributed by atoms with E-state index in [1.54, 1.807) is 4.68 Å². The van der Waals surface area contributed by atoms with Gasteiger partial charge in [-0.25, -0.2) is 0 Å². The van der Waals surface area contributed by atoms with Crippen LogP contribution in [0, 0.1) is 5.92 Å². The van der Waals surface area contributed by atoms with Crippen LogP contribution in [0.3, 0.4) is 0 Å². The smallest absolute Gasteiger partial charge is 0.226 e. The number of amides is 1. The first-order valence-corrected chi connectivity index (χ1v) is 7.03. The molecule has 6 heteroatoms. The molecule has 0 aliphatic carbocycles. The predicted octanol–water partition coefficient (Wildman–Crippen LogP) is 0.350. The van der Waals surface area contributed by atoms with E-state index in [1.165, 1.54) is 0 Å². The summed E-state index contributed by atoms with van der Waals surface area (Å²) in [6.45, 7) is 6.46. The number of hydrogen-bond donors (Lipinski definition) is 1. The van der Waals surface area contributed by atoms with Gasteiger partial charge in [-0.15, -0.1) is 0 Å². The largest absolute Gasteiger partial charge is 0.367 e. The fraction of sp³-hybridized carbons (Fsp3) is 0.714. The highest BCUT2D eigenvalue weighted by molar-refractivity contribution is 5.79. The van der Waals surface area contributed by atoms with Crippen molar-refractivity contribution in [3.8, 4) is 0 Å². The van der Waals surface area contributed by atoms with Crippen LogP contribution in [0.5, 0.6) is 0 Å². The van der Waals surface area contributed by atoms with Gasteiger partial charge in [0, 0.05) is 37.8 Å². The van der Waals surface area contributed by atoms with Crippen molar-refractivity contribution in [2.75, 3.05) is 33.3 Å². The zero-order chi connectivity index (χ0) is 14.8. The maximum atomic E-state index is 12.4. The molecule has 1 fully saturated rings. The van der Waals surface area contributed by atoms with Gasteiger partial charge in [-0.2, -0.15) is 5.10 Å². The number of nitrogens with zero attached hydrogens (tertiary/aromatic N) is 3. The van der Waals surface area contributed by atoms with Crippen molar-refractivity contribution in [1.29, 1.82) is 0 Å². The maximum absolute atomic E-state index is 12.4. The molecule has 0 aromatic carbocycles. The maximum Gasteiger partial charge on any atom is 0.226 e. The highest BCUT2D eigenvalue weighted by Crippen LogP contribution is 2.29. The van der Waals surface area contributed by atoms with Crippen molar-refractivity contribution in [2.45, 2.75) is 19.4 Å². The molecular weight excluding hydrogens is 256 g/mol. The van der Waals surface area contributed by atoms with E-state index in [1.807, 2.05) is 45.2 Å². The lowest BCUT2D eigenvalue weighted by atomic mass is 9.96. The summed E-state index contributed by atoms with van der Waals surface area (Å²) in [7, 11) is 3.75. The molecule has 1 aromatic heterocycles. The predicted molar refractivity (Wildman–Crippen MR) is 76.2 cm³/mol. The molecule has 1 aromatic rings. The van der Waals surface area contributed by atoms with E-state index in [9.17, 15) is 4.79 Å². The van der Waals surface area contributed by atoms with Gasteiger partial charge in [-0.3, -0.25) is 9.48 Å². The van der Waals surface area contributed by atoms with E-state index in [4.69, 9.17) is 4.74 Å². The first kappa shape index (κ1) is 15.0. The zero-order valence-electron chi connectivity index (χ0n) is 12.7. The molecule has 112 valence electrons. The van der Waals surface area contributed by atoms with Crippen LogP contribution in [0.1, 0.15) is 19.4 Å². The van der Waals surface area contributed by atoms with E-state index < -0.39 is 5.60 Å². The Morgan fingerprint density at radius 2 is 2.40 bits per heavy atom. The Morgan fingerprint density at radius 1 is 1.65 bits per heavy atom. The molecule has 0 spiro atoms. The molecule has 0 bridgehead atoms. The number of rotatable bonds is 4. The van der Waals surface area contributed by atoms with Gasteiger partial charge in [0.2, 0.25) is 5.91 Å². The minimum absolute atomic E-state index is 0.0174. The lowest BCUT2D eigenvalue weighted by Gasteiger charge is -2.41. The summed E-state index contributed by atoms with van der Waals surface area (Å²) in [5.41, 5.74) is 0.542. The van der Waals surface area contributed by atoms with Gasteiger partial charge in [0.1, 0.15) is 5.60 Å². The molecule has 1 amide bonds. The standard InChI is InChI=1S/C14H24N4O2/c1-11(7-15-3)13(19)18-5-6-20-14(2,10-18)12-8-16-17(4)9-12/h8-9,11,15H,5-7,10H2,1-4H3/t11-,14+/m0/s1. The number of carbonyl (C=O) groups is 1. The average molecular weight is 280 g/mol. The van der Waals surface area contributed by atoms with Gasteiger partial charge in [0.25, 0.3) is 0 Å². The molecule has 0 radical (unpaired) electrons. The van der Waals surface area contributed by atoms with E-state index >= 15 is 0 Å². The monoisotopic (exact) mass is 280 g/mol. The number of aromatic nitrogens is 2. The Kier molecular flexibility index (Phi) is 4.45. The topological polar surface area (TPSA) is 59.4 Å². The molecule has 0 unspecified atom stereocenters. The van der Waals surface area contributed by atoms with Crippen LogP contribution in [0.2, 0.25) is 0 Å². The van der Waals surface area contributed by atoms with E-state index in [0.717, 1.165) is 5.56 Å². The van der Waals surface area contributed by atoms with Crippen molar-refractivity contribution >= 4 is 5.91 Å². The van der Waals surface area contributed by atoms with E-state index in [2.05, 4.69) is 10.4 Å². The van der Waals surface area contributed by atoms with Crippen LogP contribution in [0.15, 0.2) is 12.4 Å². The van der Waals surface area contributed by atoms with Crippen LogP contribution < -0.4 is 5.32 Å². The third-order valence-corrected chi connectivity index (χ3v) is 3.83. The summed E-state index contributed by atoms with van der Waals surface area (Å²) < 4.78 is 7.68. The second-order valence-corrected chi connectivity index (χ2v) is 5.70. The molecular formula is C14H24N4O2. The number of nitrogens with one attached hydrogen (secondary N) is 1. The molecule has 1 aliphatic heterocycles. The Morgan fingerprint density at radius 3 is 3.00 bits per heavy atom. The average Bonchev–Trinajstić information content (AvgIpc) is 2.86. The van der Waals surface area contributed by atoms with Crippen molar-refractivity contribution in [3.05, 3.63) is 18.0 Å². The highest BCUT2D eigenvalue weighted by atomic mass is 16.5. The van der Waals surface area contributed by atoms with Crippen LogP contribution >= 0.6 is 0 Å². The van der Waals surface area contributed by atoms with Gasteiger partial charge < -0.3 is 15.0 Å². The molecule has 6 nitrogen and oxygen atoms in total. The summed E-state index contributed by atoms with van der Waals surface area (Å²) >= 11 is 0. The first-order valence-electron chi connectivity index (χ1n) is 7.03. The number of morpholine rings is 1. The zero-order valence-corrected chi connectivity index (χ0v) is 12.7. The number of hydrogen-bond acceptors (Lipinski definition) is 4. The van der Waals surface area contributed by atoms with Crippen molar-refractivity contribution in [2.24, 2.45) is 13.0 Å². The van der Waals surface area contributed by atoms with Crippen LogP contribution in [-0.4, -0.2) is 53.9 Å². The lowest BCUT2D eigenvalue weighted by molar-refractivity contribution is -0.153. The van der Waals surface area contributed by atoms with Crippen LogP contribution in [0.25, 0.3) is 0 Å². The Hall–Kier alpha value is -1.40. The van der Waals surface area contributed by atoms with Gasteiger partial charge in [0.15, 0.2) is 0 Å². The van der Waals surface area contributed by atoms with Crippen molar-refractivity contribution < 1.29 is 9.53 Å². The first-order chi connectivity index (χ1) is 9.46. The van der Waals surface area contributed by atoms with Gasteiger partial charge in [-0.1, -0.05) is 6.92 Å². The summed E-state index contributed by atoms with van der Waals surface area (Å²) in [6.07, 6.45) is 3.76. The second kappa shape index (κ2) is 5.93. The minimum Gasteiger partial charge on any atom is -0.367 e. The quantitative estimate of drug-likeness (QED) is 0.864. The van der Waals surface area contributed by atoms with Gasteiger partial charge in [0.05, 0.1) is 19.3 Å². The highest BCUT2D eigenvalue weighted by Gasteiger charge is 2.37. The minimum atomic E-state index is -0.471. The summed E-state index contributed by atoms with van der Waals surface area (Å²) in [5, 5.41) is 7.25. The fourth-order valence-corrected chi connectivity index (χ4v) is 2.63. The molecule has 2 rings (SSSR count). The molecule has 2 heterocycles. The number of aryl methyl sites for hydroxylation is 1.